The molecule has 8 nitrogen and oxygen atoms in total. The van der Waals surface area contributed by atoms with Crippen LogP contribution in [0.15, 0.2) is 46.3 Å². The molecule has 1 amide bonds. The molecule has 0 atom stereocenters. The second kappa shape index (κ2) is 8.51. The maximum Gasteiger partial charge on any atom is 0.408 e. The lowest BCUT2D eigenvalue weighted by Gasteiger charge is -2.26. The van der Waals surface area contributed by atoms with Gasteiger partial charge < -0.3 is 14.6 Å². The molecule has 0 aliphatic carbocycles. The van der Waals surface area contributed by atoms with Crippen molar-refractivity contribution in [3.8, 4) is 5.69 Å². The third-order valence-corrected chi connectivity index (χ3v) is 5.10. The Balaban J connectivity index is 1.66. The van der Waals surface area contributed by atoms with Crippen molar-refractivity contribution in [1.82, 2.24) is 25.0 Å². The quantitative estimate of drug-likeness (QED) is 0.571. The predicted octanol–water partition coefficient (Wildman–Crippen LogP) is 4.62. The highest BCUT2D eigenvalue weighted by molar-refractivity contribution is 7.98. The summed E-state index contributed by atoms with van der Waals surface area (Å²) in [6, 6.07) is 8.13. The fourth-order valence-electron chi connectivity index (χ4n) is 2.72. The fourth-order valence-corrected chi connectivity index (χ4v) is 3.53. The van der Waals surface area contributed by atoms with Crippen LogP contribution in [0.3, 0.4) is 0 Å². The van der Waals surface area contributed by atoms with E-state index in [0.717, 1.165) is 16.4 Å². The van der Waals surface area contributed by atoms with E-state index in [-0.39, 0.29) is 0 Å². The second-order valence-electron chi connectivity index (χ2n) is 8.42. The molecular weight excluding hydrogens is 402 g/mol. The summed E-state index contributed by atoms with van der Waals surface area (Å²) in [6.07, 6.45) is 3.16. The Bertz CT molecular complexity index is 1020. The number of para-hydroxylation sites is 1. The van der Waals surface area contributed by atoms with Crippen molar-refractivity contribution in [3.63, 3.8) is 0 Å². The molecule has 0 fully saturated rings. The molecule has 0 saturated carbocycles. The van der Waals surface area contributed by atoms with Crippen molar-refractivity contribution < 1.29 is 14.1 Å². The number of alkyl carbamates (subject to hydrolysis) is 1. The number of carbonyl (C=O) groups excluding carboxylic acids is 1. The molecule has 0 bridgehead atoms. The summed E-state index contributed by atoms with van der Waals surface area (Å²) in [4.78, 5) is 21.0. The van der Waals surface area contributed by atoms with Crippen molar-refractivity contribution in [2.75, 3.05) is 0 Å². The zero-order chi connectivity index (χ0) is 21.9. The van der Waals surface area contributed by atoms with Gasteiger partial charge in [-0.1, -0.05) is 35.1 Å². The summed E-state index contributed by atoms with van der Waals surface area (Å²) >= 11 is 1.50. The van der Waals surface area contributed by atoms with E-state index in [9.17, 15) is 4.79 Å². The first-order valence-corrected chi connectivity index (χ1v) is 10.6. The van der Waals surface area contributed by atoms with Crippen molar-refractivity contribution in [3.05, 3.63) is 53.9 Å². The number of aromatic nitrogens is 4. The van der Waals surface area contributed by atoms with Crippen LogP contribution in [0.25, 0.3) is 5.69 Å². The van der Waals surface area contributed by atoms with E-state index in [1.807, 2.05) is 43.7 Å². The summed E-state index contributed by atoms with van der Waals surface area (Å²) in [5.41, 5.74) is 0.811. The number of nitrogens with zero attached hydrogens (tertiary/aromatic N) is 4. The lowest BCUT2D eigenvalue weighted by atomic mass is 10.1. The maximum absolute atomic E-state index is 12.1. The van der Waals surface area contributed by atoms with Gasteiger partial charge in [0.1, 0.15) is 11.1 Å². The Labute approximate surface area is 180 Å². The van der Waals surface area contributed by atoms with Crippen LogP contribution in [0, 0.1) is 6.92 Å². The molecule has 0 radical (unpaired) electrons. The SMILES string of the molecule is Cc1ccccc1-n1ccnc1SCc1nc(C(C)(C)NC(=O)OC(C)(C)C)no1. The Morgan fingerprint density at radius 2 is 1.97 bits per heavy atom. The molecule has 0 unspecified atom stereocenters. The maximum atomic E-state index is 12.1. The fraction of sp³-hybridized carbons (Fsp3) is 0.429. The van der Waals surface area contributed by atoms with E-state index in [4.69, 9.17) is 9.26 Å². The third kappa shape index (κ3) is 5.41. The first kappa shape index (κ1) is 21.9. The highest BCUT2D eigenvalue weighted by atomic mass is 32.2. The predicted molar refractivity (Wildman–Crippen MR) is 115 cm³/mol. The first-order valence-electron chi connectivity index (χ1n) is 9.61. The van der Waals surface area contributed by atoms with E-state index in [2.05, 4.69) is 39.5 Å². The molecular formula is C21H27N5O3S. The van der Waals surface area contributed by atoms with Crippen LogP contribution in [0.1, 0.15) is 51.9 Å². The molecule has 1 aromatic carbocycles. The lowest BCUT2D eigenvalue weighted by Crippen LogP contribution is -2.44. The Kier molecular flexibility index (Phi) is 6.21. The van der Waals surface area contributed by atoms with Crippen LogP contribution in [0.4, 0.5) is 4.79 Å². The zero-order valence-electron chi connectivity index (χ0n) is 18.1. The molecule has 3 aromatic rings. The number of amides is 1. The van der Waals surface area contributed by atoms with E-state index in [1.165, 1.54) is 11.8 Å². The molecule has 2 aromatic heterocycles. The van der Waals surface area contributed by atoms with E-state index in [1.54, 1.807) is 20.0 Å². The van der Waals surface area contributed by atoms with Gasteiger partial charge in [0, 0.05) is 12.4 Å². The number of thioether (sulfide) groups is 1. The first-order chi connectivity index (χ1) is 14.0. The van der Waals surface area contributed by atoms with E-state index < -0.39 is 17.2 Å². The monoisotopic (exact) mass is 429 g/mol. The summed E-state index contributed by atoms with van der Waals surface area (Å²) in [7, 11) is 0. The van der Waals surface area contributed by atoms with Gasteiger partial charge in [0.25, 0.3) is 0 Å². The number of ether oxygens (including phenoxy) is 1. The summed E-state index contributed by atoms with van der Waals surface area (Å²) in [6.45, 7) is 11.1. The molecule has 3 rings (SSSR count). The lowest BCUT2D eigenvalue weighted by molar-refractivity contribution is 0.0465. The van der Waals surface area contributed by atoms with Crippen LogP contribution in [-0.2, 0) is 16.0 Å². The Morgan fingerprint density at radius 3 is 2.67 bits per heavy atom. The minimum Gasteiger partial charge on any atom is -0.444 e. The van der Waals surface area contributed by atoms with Crippen molar-refractivity contribution in [1.29, 1.82) is 0 Å². The zero-order valence-corrected chi connectivity index (χ0v) is 18.9. The average molecular weight is 430 g/mol. The largest absolute Gasteiger partial charge is 0.444 e. The van der Waals surface area contributed by atoms with E-state index >= 15 is 0 Å². The number of nitrogens with one attached hydrogen (secondary N) is 1. The molecule has 160 valence electrons. The van der Waals surface area contributed by atoms with Gasteiger partial charge in [-0.2, -0.15) is 4.98 Å². The minimum atomic E-state index is -0.839. The number of hydrogen-bond donors (Lipinski definition) is 1. The van der Waals surface area contributed by atoms with Gasteiger partial charge in [-0.15, -0.1) is 0 Å². The second-order valence-corrected chi connectivity index (χ2v) is 9.36. The van der Waals surface area contributed by atoms with Gasteiger partial charge in [-0.3, -0.25) is 4.57 Å². The summed E-state index contributed by atoms with van der Waals surface area (Å²) < 4.78 is 12.7. The van der Waals surface area contributed by atoms with Gasteiger partial charge in [-0.05, 0) is 53.2 Å². The molecule has 0 aliphatic heterocycles. The van der Waals surface area contributed by atoms with Gasteiger partial charge in [0.15, 0.2) is 11.0 Å². The normalized spacial score (nSPS) is 12.1. The average Bonchev–Trinajstić information content (AvgIpc) is 3.28. The van der Waals surface area contributed by atoms with Crippen LogP contribution >= 0.6 is 11.8 Å². The number of benzene rings is 1. The molecule has 0 saturated heterocycles. The molecule has 0 aliphatic rings. The minimum absolute atomic E-state index is 0.381. The molecule has 2 heterocycles. The number of carbonyl (C=O) groups is 1. The van der Waals surface area contributed by atoms with Crippen LogP contribution < -0.4 is 5.32 Å². The van der Waals surface area contributed by atoms with Gasteiger partial charge in [0.2, 0.25) is 5.89 Å². The molecule has 0 spiro atoms. The van der Waals surface area contributed by atoms with Gasteiger partial charge in [0.05, 0.1) is 11.4 Å². The Hall–Kier alpha value is -2.81. The van der Waals surface area contributed by atoms with Crippen LogP contribution in [0.5, 0.6) is 0 Å². The smallest absolute Gasteiger partial charge is 0.408 e. The molecule has 30 heavy (non-hydrogen) atoms. The van der Waals surface area contributed by atoms with Crippen LogP contribution in [0.2, 0.25) is 0 Å². The standard InChI is InChI=1S/C21H27N5O3S/c1-14-9-7-8-10-15(14)26-12-11-22-18(26)30-13-16-23-17(25-29-16)21(5,6)24-19(27)28-20(2,3)4/h7-12H,13H2,1-6H3,(H,24,27). The topological polar surface area (TPSA) is 95.1 Å². The molecule has 9 heteroatoms. The number of imidazole rings is 1. The van der Waals surface area contributed by atoms with Crippen molar-refractivity contribution in [2.24, 2.45) is 0 Å². The third-order valence-electron chi connectivity index (χ3n) is 4.15. The number of aryl methyl sites for hydroxylation is 1. The van der Waals surface area contributed by atoms with Gasteiger partial charge in [-0.25, -0.2) is 9.78 Å². The highest BCUT2D eigenvalue weighted by Gasteiger charge is 2.31. The molecule has 1 N–H and O–H groups in total. The van der Waals surface area contributed by atoms with Crippen molar-refractivity contribution in [2.45, 2.75) is 63.6 Å². The summed E-state index contributed by atoms with van der Waals surface area (Å²) in [5, 5.41) is 7.64. The Morgan fingerprint density at radius 1 is 1.23 bits per heavy atom. The van der Waals surface area contributed by atoms with Gasteiger partial charge >= 0.3 is 6.09 Å². The summed E-state index contributed by atoms with van der Waals surface area (Å²) in [5.74, 6) is 1.29. The van der Waals surface area contributed by atoms with Crippen LogP contribution in [-0.4, -0.2) is 31.4 Å². The number of rotatable bonds is 6. The van der Waals surface area contributed by atoms with Crippen molar-refractivity contribution >= 4 is 17.9 Å². The number of hydrogen-bond acceptors (Lipinski definition) is 7. The van der Waals surface area contributed by atoms with E-state index in [0.29, 0.717) is 17.5 Å². The highest BCUT2D eigenvalue weighted by Crippen LogP contribution is 2.26.